The zero-order valence-corrected chi connectivity index (χ0v) is 23.5. The van der Waals surface area contributed by atoms with E-state index in [1.165, 1.54) is 31.2 Å². The molecular weight excluding hydrogens is 476 g/mol. The highest BCUT2D eigenvalue weighted by atomic mass is 16.6. The highest BCUT2D eigenvalue weighted by Gasteiger charge is 2.23. The van der Waals surface area contributed by atoms with Crippen molar-refractivity contribution in [3.8, 4) is 5.75 Å². The van der Waals surface area contributed by atoms with Crippen molar-refractivity contribution >= 4 is 0 Å². The monoisotopic (exact) mass is 528 g/mol. The summed E-state index contributed by atoms with van der Waals surface area (Å²) < 4.78 is 38.2. The van der Waals surface area contributed by atoms with Crippen molar-refractivity contribution in [2.45, 2.75) is 58.3 Å². The molecule has 1 aromatic rings. The van der Waals surface area contributed by atoms with Crippen molar-refractivity contribution in [1.82, 2.24) is 0 Å². The van der Waals surface area contributed by atoms with Crippen LogP contribution in [-0.4, -0.2) is 97.6 Å². The summed E-state index contributed by atoms with van der Waals surface area (Å²) in [5.74, 6) is 0.883. The maximum Gasteiger partial charge on any atom is 0.119 e. The number of aliphatic hydroxyl groups excluding tert-OH is 1. The fourth-order valence-corrected chi connectivity index (χ4v) is 3.73. The van der Waals surface area contributed by atoms with Crippen LogP contribution in [-0.2, 0) is 33.8 Å². The molecule has 0 aliphatic carbocycles. The molecule has 8 nitrogen and oxygen atoms in total. The van der Waals surface area contributed by atoms with E-state index in [2.05, 4.69) is 45.0 Å². The Morgan fingerprint density at radius 2 is 1.03 bits per heavy atom. The van der Waals surface area contributed by atoms with Crippen LogP contribution in [0.2, 0.25) is 0 Å². The molecule has 0 spiro atoms. The Labute approximate surface area is 224 Å². The van der Waals surface area contributed by atoms with Gasteiger partial charge in [-0.2, -0.15) is 0 Å². The number of ether oxygens (including phenoxy) is 7. The summed E-state index contributed by atoms with van der Waals surface area (Å²) >= 11 is 0. The van der Waals surface area contributed by atoms with Gasteiger partial charge in [0.15, 0.2) is 0 Å². The first-order valence-electron chi connectivity index (χ1n) is 14.0. The minimum Gasteiger partial charge on any atom is -0.491 e. The number of unbranched alkanes of at least 4 members (excludes halogenated alkanes) is 2. The molecule has 1 rings (SSSR count). The van der Waals surface area contributed by atoms with Crippen LogP contribution in [0.5, 0.6) is 5.75 Å². The lowest BCUT2D eigenvalue weighted by Gasteiger charge is -2.29. The van der Waals surface area contributed by atoms with Crippen LogP contribution in [0.15, 0.2) is 24.3 Å². The fraction of sp³-hybridized carbons (Fsp3) is 0.793. The van der Waals surface area contributed by atoms with E-state index in [0.717, 1.165) is 12.2 Å². The van der Waals surface area contributed by atoms with Crippen LogP contribution >= 0.6 is 0 Å². The van der Waals surface area contributed by atoms with Crippen molar-refractivity contribution in [1.29, 1.82) is 0 Å². The average Bonchev–Trinajstić information content (AvgIpc) is 2.92. The number of aliphatic hydroxyl groups is 1. The van der Waals surface area contributed by atoms with Gasteiger partial charge in [0.25, 0.3) is 0 Å². The van der Waals surface area contributed by atoms with Gasteiger partial charge in [0.2, 0.25) is 0 Å². The van der Waals surface area contributed by atoms with Gasteiger partial charge in [-0.15, -0.1) is 0 Å². The first kappa shape index (κ1) is 33.8. The van der Waals surface area contributed by atoms with Crippen molar-refractivity contribution in [3.63, 3.8) is 0 Å². The summed E-state index contributed by atoms with van der Waals surface area (Å²) in [6.07, 6.45) is 6.22. The Bertz CT molecular complexity index is 612. The van der Waals surface area contributed by atoms with Gasteiger partial charge in [0.1, 0.15) is 12.4 Å². The van der Waals surface area contributed by atoms with Crippen molar-refractivity contribution < 1.29 is 38.3 Å². The van der Waals surface area contributed by atoms with Crippen LogP contribution in [0.25, 0.3) is 0 Å². The molecule has 1 N–H and O–H groups in total. The predicted molar refractivity (Wildman–Crippen MR) is 146 cm³/mol. The predicted octanol–water partition coefficient (Wildman–Crippen LogP) is 4.41. The van der Waals surface area contributed by atoms with E-state index in [9.17, 15) is 0 Å². The second kappa shape index (κ2) is 23.8. The lowest BCUT2D eigenvalue weighted by molar-refractivity contribution is -0.0191. The SMILES string of the molecule is CCCCCC(C)(CC)c1ccc(OCCOCCOCCOCCOCCOCCOCCO)cc1. The molecule has 37 heavy (non-hydrogen) atoms. The molecule has 0 aliphatic rings. The van der Waals surface area contributed by atoms with E-state index < -0.39 is 0 Å². The van der Waals surface area contributed by atoms with Crippen molar-refractivity contribution in [3.05, 3.63) is 29.8 Å². The molecule has 1 unspecified atom stereocenters. The first-order valence-corrected chi connectivity index (χ1v) is 14.0. The second-order valence-corrected chi connectivity index (χ2v) is 9.14. The number of hydrogen-bond acceptors (Lipinski definition) is 8. The molecule has 0 aliphatic heterocycles. The van der Waals surface area contributed by atoms with Gasteiger partial charge >= 0.3 is 0 Å². The molecule has 1 atom stereocenters. The summed E-state index contributed by atoms with van der Waals surface area (Å²) in [6.45, 7) is 13.5. The van der Waals surface area contributed by atoms with E-state index in [-0.39, 0.29) is 12.0 Å². The third kappa shape index (κ3) is 17.8. The third-order valence-corrected chi connectivity index (χ3v) is 6.26. The largest absolute Gasteiger partial charge is 0.491 e. The van der Waals surface area contributed by atoms with E-state index >= 15 is 0 Å². The van der Waals surface area contributed by atoms with Crippen LogP contribution < -0.4 is 4.74 Å². The molecule has 0 saturated heterocycles. The Hall–Kier alpha value is -1.26. The third-order valence-electron chi connectivity index (χ3n) is 6.26. The zero-order chi connectivity index (χ0) is 26.9. The lowest BCUT2D eigenvalue weighted by Crippen LogP contribution is -2.20. The summed E-state index contributed by atoms with van der Waals surface area (Å²) in [4.78, 5) is 0. The maximum atomic E-state index is 8.58. The van der Waals surface area contributed by atoms with E-state index in [4.69, 9.17) is 38.3 Å². The second-order valence-electron chi connectivity index (χ2n) is 9.14. The van der Waals surface area contributed by atoms with Crippen LogP contribution in [0.3, 0.4) is 0 Å². The van der Waals surface area contributed by atoms with Gasteiger partial charge in [0, 0.05) is 0 Å². The minimum absolute atomic E-state index is 0.0333. The molecule has 0 fully saturated rings. The standard InChI is InChI=1S/C29H52O8/c1-4-6-7-12-29(3,5-2)27-8-10-28(11-9-27)37-26-25-36-24-23-35-22-21-34-20-19-33-18-17-32-16-15-31-14-13-30/h8-11,30H,4-7,12-26H2,1-3H3. The Balaban J connectivity index is 1.91. The van der Waals surface area contributed by atoms with Crippen molar-refractivity contribution in [2.24, 2.45) is 0 Å². The molecule has 0 amide bonds. The van der Waals surface area contributed by atoms with E-state index in [1.807, 2.05) is 0 Å². The summed E-state index contributed by atoms with van der Waals surface area (Å²) in [5, 5.41) is 8.58. The van der Waals surface area contributed by atoms with Gasteiger partial charge < -0.3 is 38.3 Å². The van der Waals surface area contributed by atoms with Gasteiger partial charge in [-0.3, -0.25) is 0 Å². The van der Waals surface area contributed by atoms with Crippen LogP contribution in [0.1, 0.15) is 58.4 Å². The van der Waals surface area contributed by atoms with Gasteiger partial charge in [0.05, 0.1) is 85.9 Å². The van der Waals surface area contributed by atoms with Gasteiger partial charge in [-0.25, -0.2) is 0 Å². The van der Waals surface area contributed by atoms with Crippen LogP contribution in [0, 0.1) is 0 Å². The molecule has 0 radical (unpaired) electrons. The normalized spacial score (nSPS) is 13.1. The number of hydrogen-bond donors (Lipinski definition) is 1. The lowest BCUT2D eigenvalue weighted by atomic mass is 9.76. The summed E-state index contributed by atoms with van der Waals surface area (Å²) in [6, 6.07) is 8.57. The molecule has 0 aromatic heterocycles. The molecule has 8 heteroatoms. The van der Waals surface area contributed by atoms with E-state index in [1.54, 1.807) is 0 Å². The molecule has 0 bridgehead atoms. The smallest absolute Gasteiger partial charge is 0.119 e. The highest BCUT2D eigenvalue weighted by Crippen LogP contribution is 2.34. The molecule has 0 saturated carbocycles. The highest BCUT2D eigenvalue weighted by molar-refractivity contribution is 5.32. The fourth-order valence-electron chi connectivity index (χ4n) is 3.73. The average molecular weight is 529 g/mol. The first-order chi connectivity index (χ1) is 18.2. The Morgan fingerprint density at radius 1 is 0.595 bits per heavy atom. The molecule has 0 heterocycles. The number of benzene rings is 1. The van der Waals surface area contributed by atoms with E-state index in [0.29, 0.717) is 85.9 Å². The zero-order valence-electron chi connectivity index (χ0n) is 23.5. The van der Waals surface area contributed by atoms with Crippen LogP contribution in [0.4, 0.5) is 0 Å². The van der Waals surface area contributed by atoms with Gasteiger partial charge in [-0.1, -0.05) is 52.2 Å². The summed E-state index contributed by atoms with van der Waals surface area (Å²) in [7, 11) is 0. The number of rotatable bonds is 27. The molecular formula is C29H52O8. The molecule has 1 aromatic carbocycles. The minimum atomic E-state index is 0.0333. The van der Waals surface area contributed by atoms with Gasteiger partial charge in [-0.05, 0) is 36.0 Å². The summed E-state index contributed by atoms with van der Waals surface area (Å²) in [5.41, 5.74) is 1.63. The quantitative estimate of drug-likeness (QED) is 0.168. The Kier molecular flexibility index (Phi) is 21.7. The topological polar surface area (TPSA) is 84.8 Å². The Morgan fingerprint density at radius 3 is 1.43 bits per heavy atom. The molecule has 216 valence electrons. The maximum absolute atomic E-state index is 8.58. The van der Waals surface area contributed by atoms with Crippen molar-refractivity contribution in [2.75, 3.05) is 92.5 Å².